The van der Waals surface area contributed by atoms with E-state index in [1.54, 1.807) is 23.1 Å². The maximum atomic E-state index is 13.1. The minimum Gasteiger partial charge on any atom is -0.337 e. The number of anilines is 1. The van der Waals surface area contributed by atoms with E-state index in [9.17, 15) is 9.59 Å². The normalized spacial score (nSPS) is 13.7. The van der Waals surface area contributed by atoms with Crippen molar-refractivity contribution in [1.29, 1.82) is 0 Å². The molecule has 2 aromatic rings. The molecule has 5 nitrogen and oxygen atoms in total. The monoisotopic (exact) mass is 351 g/mol. The largest absolute Gasteiger partial charge is 0.337 e. The number of unbranched alkanes of at least 4 members (excludes halogenated alkanes) is 1. The van der Waals surface area contributed by atoms with Crippen molar-refractivity contribution in [1.82, 2.24) is 9.88 Å². The molecule has 3 rings (SSSR count). The number of likely N-dealkylation sites (tertiary alicyclic amines) is 1. The van der Waals surface area contributed by atoms with E-state index in [1.807, 2.05) is 35.2 Å². The molecule has 0 saturated carbocycles. The number of aromatic nitrogens is 1. The Bertz CT molecular complexity index is 755. The number of amides is 2. The second-order valence-electron chi connectivity index (χ2n) is 6.55. The van der Waals surface area contributed by atoms with Gasteiger partial charge in [-0.15, -0.1) is 0 Å². The molecule has 0 aliphatic carbocycles. The van der Waals surface area contributed by atoms with Crippen LogP contribution in [0.1, 0.15) is 53.6 Å². The first kappa shape index (κ1) is 18.1. The first-order valence-corrected chi connectivity index (χ1v) is 9.34. The molecular weight excluding hydrogens is 326 g/mol. The number of carbonyl (C=O) groups excluding carboxylic acids is 2. The van der Waals surface area contributed by atoms with Crippen LogP contribution >= 0.6 is 0 Å². The molecule has 1 fully saturated rings. The van der Waals surface area contributed by atoms with Crippen molar-refractivity contribution in [2.45, 2.75) is 32.6 Å². The molecule has 26 heavy (non-hydrogen) atoms. The highest BCUT2D eigenvalue weighted by Crippen LogP contribution is 2.18. The molecule has 1 aliphatic rings. The van der Waals surface area contributed by atoms with Crippen molar-refractivity contribution in [2.75, 3.05) is 24.5 Å². The molecule has 0 spiro atoms. The van der Waals surface area contributed by atoms with Gasteiger partial charge in [0.05, 0.1) is 0 Å². The Morgan fingerprint density at radius 1 is 1.00 bits per heavy atom. The van der Waals surface area contributed by atoms with Crippen LogP contribution in [0.4, 0.5) is 5.69 Å². The predicted octanol–water partition coefficient (Wildman–Crippen LogP) is 3.76. The highest BCUT2D eigenvalue weighted by atomic mass is 16.2. The highest BCUT2D eigenvalue weighted by molar-refractivity contribution is 6.05. The lowest BCUT2D eigenvalue weighted by atomic mass is 10.2. The van der Waals surface area contributed by atoms with E-state index in [1.165, 1.54) is 0 Å². The molecule has 1 aromatic carbocycles. The van der Waals surface area contributed by atoms with E-state index in [4.69, 9.17) is 0 Å². The summed E-state index contributed by atoms with van der Waals surface area (Å²) in [5, 5.41) is 0. The molecule has 5 heteroatoms. The fourth-order valence-electron chi connectivity index (χ4n) is 3.17. The van der Waals surface area contributed by atoms with Crippen LogP contribution in [0.3, 0.4) is 0 Å². The summed E-state index contributed by atoms with van der Waals surface area (Å²) in [5.41, 5.74) is 1.51. The number of carbonyl (C=O) groups is 2. The summed E-state index contributed by atoms with van der Waals surface area (Å²) >= 11 is 0. The van der Waals surface area contributed by atoms with Crippen LogP contribution in [0, 0.1) is 0 Å². The molecule has 0 bridgehead atoms. The zero-order chi connectivity index (χ0) is 18.4. The Morgan fingerprint density at radius 3 is 2.38 bits per heavy atom. The second kappa shape index (κ2) is 8.61. The standard InChI is InChI=1S/C21H25N3O2/c1-2-3-16-24(17-10-5-4-6-11-17)21(26)19-13-9-12-18(22-19)20(25)23-14-7-8-15-23/h4-6,9-13H,2-3,7-8,14-16H2,1H3. The van der Waals surface area contributed by atoms with Crippen LogP contribution in [-0.2, 0) is 0 Å². The van der Waals surface area contributed by atoms with Gasteiger partial charge < -0.3 is 9.80 Å². The minimum absolute atomic E-state index is 0.0861. The zero-order valence-electron chi connectivity index (χ0n) is 15.2. The predicted molar refractivity (Wildman–Crippen MR) is 102 cm³/mol. The Balaban J connectivity index is 1.84. The number of nitrogens with zero attached hydrogens (tertiary/aromatic N) is 3. The van der Waals surface area contributed by atoms with E-state index in [-0.39, 0.29) is 11.8 Å². The van der Waals surface area contributed by atoms with E-state index >= 15 is 0 Å². The van der Waals surface area contributed by atoms with Crippen LogP contribution in [0.25, 0.3) is 0 Å². The number of rotatable bonds is 6. The van der Waals surface area contributed by atoms with Crippen molar-refractivity contribution >= 4 is 17.5 Å². The average Bonchev–Trinajstić information content (AvgIpc) is 3.23. The molecule has 0 radical (unpaired) electrons. The van der Waals surface area contributed by atoms with Gasteiger partial charge in [0.15, 0.2) is 0 Å². The highest BCUT2D eigenvalue weighted by Gasteiger charge is 2.23. The number of benzene rings is 1. The van der Waals surface area contributed by atoms with Crippen molar-refractivity contribution in [2.24, 2.45) is 0 Å². The summed E-state index contributed by atoms with van der Waals surface area (Å²) in [6.45, 7) is 4.27. The van der Waals surface area contributed by atoms with E-state index < -0.39 is 0 Å². The topological polar surface area (TPSA) is 53.5 Å². The van der Waals surface area contributed by atoms with Crippen molar-refractivity contribution in [3.63, 3.8) is 0 Å². The average molecular weight is 351 g/mol. The summed E-state index contributed by atoms with van der Waals surface area (Å²) in [5.74, 6) is -0.252. The van der Waals surface area contributed by atoms with Gasteiger partial charge in [-0.1, -0.05) is 37.6 Å². The Morgan fingerprint density at radius 2 is 1.69 bits per heavy atom. The molecular formula is C21H25N3O2. The zero-order valence-corrected chi connectivity index (χ0v) is 15.2. The minimum atomic E-state index is -0.166. The van der Waals surface area contributed by atoms with Gasteiger partial charge in [0, 0.05) is 25.3 Å². The molecule has 0 atom stereocenters. The fourth-order valence-corrected chi connectivity index (χ4v) is 3.17. The lowest BCUT2D eigenvalue weighted by Crippen LogP contribution is -2.33. The third-order valence-electron chi connectivity index (χ3n) is 4.63. The summed E-state index contributed by atoms with van der Waals surface area (Å²) in [6.07, 6.45) is 3.97. The van der Waals surface area contributed by atoms with Gasteiger partial charge >= 0.3 is 0 Å². The maximum Gasteiger partial charge on any atom is 0.276 e. The quantitative estimate of drug-likeness (QED) is 0.796. The summed E-state index contributed by atoms with van der Waals surface area (Å²) < 4.78 is 0. The first-order chi connectivity index (χ1) is 12.7. The fraction of sp³-hybridized carbons (Fsp3) is 0.381. The molecule has 0 unspecified atom stereocenters. The van der Waals surface area contributed by atoms with E-state index in [0.29, 0.717) is 17.9 Å². The van der Waals surface area contributed by atoms with Gasteiger partial charge in [-0.2, -0.15) is 0 Å². The summed E-state index contributed by atoms with van der Waals surface area (Å²) in [6, 6.07) is 14.7. The van der Waals surface area contributed by atoms with Crippen LogP contribution in [0.15, 0.2) is 48.5 Å². The Hall–Kier alpha value is -2.69. The van der Waals surface area contributed by atoms with Crippen LogP contribution in [0.5, 0.6) is 0 Å². The molecule has 1 saturated heterocycles. The number of para-hydroxylation sites is 1. The lowest BCUT2D eigenvalue weighted by Gasteiger charge is -2.22. The third kappa shape index (κ3) is 4.10. The molecule has 1 aliphatic heterocycles. The van der Waals surface area contributed by atoms with Gasteiger partial charge in [-0.05, 0) is 43.5 Å². The Labute approximate surface area is 154 Å². The molecule has 2 amide bonds. The number of hydrogen-bond donors (Lipinski definition) is 0. The lowest BCUT2D eigenvalue weighted by molar-refractivity contribution is 0.0787. The SMILES string of the molecule is CCCCN(C(=O)c1cccc(C(=O)N2CCCC2)n1)c1ccccc1. The molecule has 0 N–H and O–H groups in total. The second-order valence-corrected chi connectivity index (χ2v) is 6.55. The Kier molecular flexibility index (Phi) is 6.00. The van der Waals surface area contributed by atoms with E-state index in [0.717, 1.165) is 44.5 Å². The van der Waals surface area contributed by atoms with Crippen molar-refractivity contribution < 1.29 is 9.59 Å². The third-order valence-corrected chi connectivity index (χ3v) is 4.63. The van der Waals surface area contributed by atoms with Gasteiger partial charge in [0.2, 0.25) is 0 Å². The van der Waals surface area contributed by atoms with Crippen molar-refractivity contribution in [3.05, 3.63) is 59.9 Å². The van der Waals surface area contributed by atoms with Gasteiger partial charge in [-0.3, -0.25) is 9.59 Å². The van der Waals surface area contributed by atoms with Gasteiger partial charge in [0.1, 0.15) is 11.4 Å². The number of hydrogen-bond acceptors (Lipinski definition) is 3. The van der Waals surface area contributed by atoms with Crippen LogP contribution in [0.2, 0.25) is 0 Å². The maximum absolute atomic E-state index is 13.1. The summed E-state index contributed by atoms with van der Waals surface area (Å²) in [4.78, 5) is 33.6. The number of pyridine rings is 1. The van der Waals surface area contributed by atoms with E-state index in [2.05, 4.69) is 11.9 Å². The van der Waals surface area contributed by atoms with Gasteiger partial charge in [0.25, 0.3) is 11.8 Å². The van der Waals surface area contributed by atoms with Crippen LogP contribution < -0.4 is 4.90 Å². The summed E-state index contributed by atoms with van der Waals surface area (Å²) in [7, 11) is 0. The first-order valence-electron chi connectivity index (χ1n) is 9.34. The molecule has 2 heterocycles. The van der Waals surface area contributed by atoms with Gasteiger partial charge in [-0.25, -0.2) is 4.98 Å². The smallest absolute Gasteiger partial charge is 0.276 e. The van der Waals surface area contributed by atoms with Crippen molar-refractivity contribution in [3.8, 4) is 0 Å². The molecule has 1 aromatic heterocycles. The molecule has 136 valence electrons. The van der Waals surface area contributed by atoms with Crippen LogP contribution in [-0.4, -0.2) is 41.3 Å².